The summed E-state index contributed by atoms with van der Waals surface area (Å²) < 4.78 is 24.1. The molecular weight excluding hydrogens is 350 g/mol. The summed E-state index contributed by atoms with van der Waals surface area (Å²) in [5.74, 6) is 0. The van der Waals surface area contributed by atoms with Crippen molar-refractivity contribution in [1.82, 2.24) is 10.2 Å². The molecule has 0 bridgehead atoms. The molecule has 0 spiro atoms. The van der Waals surface area contributed by atoms with Crippen molar-refractivity contribution in [3.05, 3.63) is 53.3 Å². The van der Waals surface area contributed by atoms with Crippen molar-refractivity contribution in [2.24, 2.45) is 0 Å². The Balaban J connectivity index is 0.000000220. The summed E-state index contributed by atoms with van der Waals surface area (Å²) in [6.07, 6.45) is 2.69. The average molecular weight is 365 g/mol. The summed E-state index contributed by atoms with van der Waals surface area (Å²) in [4.78, 5) is 0. The van der Waals surface area contributed by atoms with E-state index >= 15 is 0 Å². The number of phosphoric acid groups is 1. The Kier molecular flexibility index (Phi) is 8.24. The van der Waals surface area contributed by atoms with E-state index in [0.29, 0.717) is 0 Å². The fourth-order valence-corrected chi connectivity index (χ4v) is 2.06. The monoisotopic (exact) mass is 364 g/mol. The van der Waals surface area contributed by atoms with E-state index < -0.39 is 7.82 Å². The van der Waals surface area contributed by atoms with E-state index in [9.17, 15) is 4.57 Å². The lowest BCUT2D eigenvalue weighted by Crippen LogP contribution is -1.88. The van der Waals surface area contributed by atoms with Gasteiger partial charge in [0.05, 0.1) is 5.69 Å². The van der Waals surface area contributed by atoms with E-state index in [4.69, 9.17) is 23.2 Å². The first-order valence-electron chi connectivity index (χ1n) is 5.97. The van der Waals surface area contributed by atoms with Gasteiger partial charge in [-0.15, -0.1) is 0 Å². The van der Waals surface area contributed by atoms with Gasteiger partial charge in [0.1, 0.15) is 10.8 Å². The molecule has 9 heteroatoms. The molecule has 1 aromatic heterocycles. The van der Waals surface area contributed by atoms with Crippen molar-refractivity contribution in [2.75, 3.05) is 14.2 Å². The third kappa shape index (κ3) is 6.64. The minimum absolute atomic E-state index is 0.167. The molecule has 6 nitrogen and oxygen atoms in total. The lowest BCUT2D eigenvalue weighted by molar-refractivity contribution is 0.194. The number of H-pyrrole nitrogens is 1. The van der Waals surface area contributed by atoms with Gasteiger partial charge in [-0.05, 0) is 6.07 Å². The Morgan fingerprint density at radius 2 is 1.82 bits per heavy atom. The lowest BCUT2D eigenvalue weighted by atomic mass is 10.2. The second kappa shape index (κ2) is 9.66. The van der Waals surface area contributed by atoms with Gasteiger partial charge in [0.2, 0.25) is 0 Å². The second-order valence-corrected chi connectivity index (χ2v) is 6.49. The predicted octanol–water partition coefficient (Wildman–Crippen LogP) is 4.76. The van der Waals surface area contributed by atoms with Crippen molar-refractivity contribution in [2.45, 2.75) is 0 Å². The van der Waals surface area contributed by atoms with Gasteiger partial charge in [-0.25, -0.2) is 4.57 Å². The molecule has 0 saturated carbocycles. The maximum absolute atomic E-state index is 11.0. The van der Waals surface area contributed by atoms with Gasteiger partial charge in [0, 0.05) is 26.0 Å². The normalized spacial score (nSPS) is 10.4. The van der Waals surface area contributed by atoms with Crippen LogP contribution in [-0.2, 0) is 18.1 Å². The molecule has 0 saturated heterocycles. The Labute approximate surface area is 138 Å². The molecule has 0 fully saturated rings. The average Bonchev–Trinajstić information content (AvgIpc) is 3.08. The first-order valence-corrected chi connectivity index (χ1v) is 8.18. The zero-order chi connectivity index (χ0) is 16.4. The number of rotatable bonds is 5. The third-order valence-corrected chi connectivity index (χ3v) is 3.72. The van der Waals surface area contributed by atoms with Gasteiger partial charge >= 0.3 is 7.82 Å². The van der Waals surface area contributed by atoms with Gasteiger partial charge in [0.25, 0.3) is 0 Å². The maximum Gasteiger partial charge on any atom is 0.529 e. The molecular formula is C13H15Cl2N2O4P. The first-order chi connectivity index (χ1) is 10.5. The van der Waals surface area contributed by atoms with E-state index in [1.54, 1.807) is 0 Å². The van der Waals surface area contributed by atoms with Crippen LogP contribution in [0.4, 0.5) is 0 Å². The van der Waals surface area contributed by atoms with Gasteiger partial charge < -0.3 is 4.52 Å². The minimum atomic E-state index is -3.48. The summed E-state index contributed by atoms with van der Waals surface area (Å²) in [6.45, 7) is 0. The van der Waals surface area contributed by atoms with E-state index in [1.807, 2.05) is 42.6 Å². The predicted molar refractivity (Wildman–Crippen MR) is 86.5 cm³/mol. The summed E-state index contributed by atoms with van der Waals surface area (Å²) in [5, 5.41) is 6.84. The molecule has 0 radical (unpaired) electrons. The van der Waals surface area contributed by atoms with Crippen molar-refractivity contribution in [3.8, 4) is 11.3 Å². The molecule has 0 amide bonds. The van der Waals surface area contributed by atoms with Crippen LogP contribution in [0.2, 0.25) is 0 Å². The highest BCUT2D eigenvalue weighted by atomic mass is 35.5. The molecule has 0 atom stereocenters. The quantitative estimate of drug-likeness (QED) is 0.611. The molecule has 0 aliphatic carbocycles. The fourth-order valence-electron chi connectivity index (χ4n) is 1.29. The molecule has 22 heavy (non-hydrogen) atoms. The van der Waals surface area contributed by atoms with Crippen molar-refractivity contribution in [1.29, 1.82) is 0 Å². The van der Waals surface area contributed by atoms with Crippen LogP contribution in [0.3, 0.4) is 0 Å². The standard InChI is InChI=1S/C9H8N2.C4H7Cl2O4P/c1-2-4-8(5-3-1)9-6-7-10-11-9;1-8-11(7,9-2)10-3-4(5)6/h1-7H,(H,10,11);3H,1-2H3. The van der Waals surface area contributed by atoms with Crippen LogP contribution in [0.15, 0.2) is 53.3 Å². The second-order valence-electron chi connectivity index (χ2n) is 3.65. The van der Waals surface area contributed by atoms with E-state index in [1.165, 1.54) is 14.2 Å². The van der Waals surface area contributed by atoms with E-state index in [0.717, 1.165) is 17.5 Å². The van der Waals surface area contributed by atoms with Crippen LogP contribution >= 0.6 is 31.0 Å². The molecule has 1 N–H and O–H groups in total. The highest BCUT2D eigenvalue weighted by molar-refractivity contribution is 7.48. The number of aromatic amines is 1. The number of hydrogen-bond donors (Lipinski definition) is 1. The zero-order valence-corrected chi connectivity index (χ0v) is 14.3. The Hall–Kier alpha value is -1.30. The van der Waals surface area contributed by atoms with Crippen LogP contribution in [0.5, 0.6) is 0 Å². The molecule has 0 unspecified atom stereocenters. The molecule has 2 aromatic rings. The molecule has 1 aromatic carbocycles. The fraction of sp³-hybridized carbons (Fsp3) is 0.154. The molecule has 1 heterocycles. The smallest absolute Gasteiger partial charge is 0.409 e. The van der Waals surface area contributed by atoms with Crippen molar-refractivity contribution < 1.29 is 18.1 Å². The van der Waals surface area contributed by atoms with Gasteiger partial charge in [-0.3, -0.25) is 14.1 Å². The molecule has 2 rings (SSSR count). The largest absolute Gasteiger partial charge is 0.529 e. The Bertz CT molecular complexity index is 608. The number of halogens is 2. The van der Waals surface area contributed by atoms with E-state index in [-0.39, 0.29) is 4.49 Å². The van der Waals surface area contributed by atoms with Crippen LogP contribution in [0, 0.1) is 0 Å². The number of hydrogen-bond acceptors (Lipinski definition) is 5. The van der Waals surface area contributed by atoms with Crippen LogP contribution in [-0.4, -0.2) is 24.4 Å². The third-order valence-electron chi connectivity index (χ3n) is 2.29. The van der Waals surface area contributed by atoms with Crippen molar-refractivity contribution >= 4 is 31.0 Å². The topological polar surface area (TPSA) is 73.4 Å². The number of phosphoric ester groups is 1. The van der Waals surface area contributed by atoms with Gasteiger partial charge in [-0.1, -0.05) is 53.5 Å². The summed E-state index contributed by atoms with van der Waals surface area (Å²) in [5.41, 5.74) is 2.14. The maximum atomic E-state index is 11.0. The highest BCUT2D eigenvalue weighted by Crippen LogP contribution is 2.48. The minimum Gasteiger partial charge on any atom is -0.409 e. The molecule has 0 aliphatic heterocycles. The van der Waals surface area contributed by atoms with Crippen molar-refractivity contribution in [3.63, 3.8) is 0 Å². The highest BCUT2D eigenvalue weighted by Gasteiger charge is 2.22. The molecule has 0 aliphatic rings. The van der Waals surface area contributed by atoms with E-state index in [2.05, 4.69) is 23.8 Å². The number of nitrogens with zero attached hydrogens (tertiary/aromatic N) is 1. The first kappa shape index (κ1) is 18.7. The SMILES string of the molecule is COP(=O)(OC)OC=C(Cl)Cl.c1ccc(-c2cc[nH]n2)cc1. The Morgan fingerprint density at radius 3 is 2.27 bits per heavy atom. The zero-order valence-electron chi connectivity index (χ0n) is 11.9. The van der Waals surface area contributed by atoms with Crippen LogP contribution < -0.4 is 0 Å². The lowest BCUT2D eigenvalue weighted by Gasteiger charge is -2.10. The van der Waals surface area contributed by atoms with Gasteiger partial charge in [0.15, 0.2) is 0 Å². The summed E-state index contributed by atoms with van der Waals surface area (Å²) >= 11 is 10.3. The van der Waals surface area contributed by atoms with Gasteiger partial charge in [-0.2, -0.15) is 5.10 Å². The van der Waals surface area contributed by atoms with Crippen LogP contribution in [0.1, 0.15) is 0 Å². The number of benzene rings is 1. The summed E-state index contributed by atoms with van der Waals surface area (Å²) in [7, 11) is -1.12. The summed E-state index contributed by atoms with van der Waals surface area (Å²) in [6, 6.07) is 12.0. The number of aromatic nitrogens is 2. The number of nitrogens with one attached hydrogen (secondary N) is 1. The van der Waals surface area contributed by atoms with Crippen LogP contribution in [0.25, 0.3) is 11.3 Å². The Morgan fingerprint density at radius 1 is 1.18 bits per heavy atom. The molecule has 120 valence electrons.